The minimum absolute atomic E-state index is 0.210. The molecule has 1 aromatic rings. The van der Waals surface area contributed by atoms with Gasteiger partial charge in [-0.3, -0.25) is 9.69 Å². The van der Waals surface area contributed by atoms with Gasteiger partial charge in [0.1, 0.15) is 0 Å². The highest BCUT2D eigenvalue weighted by Crippen LogP contribution is 2.38. The summed E-state index contributed by atoms with van der Waals surface area (Å²) in [5.74, 6) is 1.09. The van der Waals surface area contributed by atoms with Crippen LogP contribution in [0.1, 0.15) is 50.2 Å². The number of aliphatic carboxylic acids is 1. The molecule has 0 spiro atoms. The van der Waals surface area contributed by atoms with Gasteiger partial charge in [0.25, 0.3) is 0 Å². The number of nitrogens with zero attached hydrogens (tertiary/aromatic N) is 3. The normalized spacial score (nSPS) is 28.5. The first-order valence-corrected chi connectivity index (χ1v) is 6.93. The maximum absolute atomic E-state index is 11.0. The van der Waals surface area contributed by atoms with E-state index in [9.17, 15) is 4.79 Å². The molecule has 1 aromatic heterocycles. The largest absolute Gasteiger partial charge is 0.481 e. The summed E-state index contributed by atoms with van der Waals surface area (Å²) >= 11 is 0. The number of likely N-dealkylation sites (tertiary alicyclic amines) is 1. The Morgan fingerprint density at radius 3 is 2.89 bits per heavy atom. The van der Waals surface area contributed by atoms with Gasteiger partial charge >= 0.3 is 5.97 Å². The van der Waals surface area contributed by atoms with E-state index in [0.29, 0.717) is 25.3 Å². The summed E-state index contributed by atoms with van der Waals surface area (Å²) in [5.41, 5.74) is 0. The predicted molar refractivity (Wildman–Crippen MR) is 66.5 cm³/mol. The van der Waals surface area contributed by atoms with E-state index >= 15 is 0 Å². The molecule has 2 atom stereocenters. The second kappa shape index (κ2) is 4.92. The lowest BCUT2D eigenvalue weighted by Crippen LogP contribution is -2.42. The Bertz CT molecular complexity index is 469. The molecule has 6 nitrogen and oxygen atoms in total. The van der Waals surface area contributed by atoms with Gasteiger partial charge in [0, 0.05) is 12.0 Å². The molecule has 0 radical (unpaired) electrons. The van der Waals surface area contributed by atoms with Crippen molar-refractivity contribution < 1.29 is 14.4 Å². The van der Waals surface area contributed by atoms with Crippen molar-refractivity contribution in [3.63, 3.8) is 0 Å². The molecular formula is C13H19N3O3. The zero-order chi connectivity index (χ0) is 13.4. The third-order valence-corrected chi connectivity index (χ3v) is 4.12. The van der Waals surface area contributed by atoms with Gasteiger partial charge in [-0.25, -0.2) is 0 Å². The zero-order valence-electron chi connectivity index (χ0n) is 11.1. The highest BCUT2D eigenvalue weighted by molar-refractivity contribution is 5.70. The van der Waals surface area contributed by atoms with Gasteiger partial charge in [0.05, 0.1) is 12.5 Å². The number of carboxylic acid groups (broad SMARTS) is 1. The smallest absolute Gasteiger partial charge is 0.306 e. The van der Waals surface area contributed by atoms with Crippen LogP contribution in [0.25, 0.3) is 0 Å². The summed E-state index contributed by atoms with van der Waals surface area (Å²) < 4.78 is 5.24. The molecule has 1 saturated carbocycles. The van der Waals surface area contributed by atoms with Crippen LogP contribution in [0.5, 0.6) is 0 Å². The van der Waals surface area contributed by atoms with Crippen LogP contribution >= 0.6 is 0 Å². The molecule has 2 fully saturated rings. The van der Waals surface area contributed by atoms with Crippen molar-refractivity contribution in [3.05, 3.63) is 11.7 Å². The van der Waals surface area contributed by atoms with Crippen molar-refractivity contribution in [2.75, 3.05) is 6.54 Å². The number of aromatic nitrogens is 2. The van der Waals surface area contributed by atoms with E-state index < -0.39 is 5.97 Å². The molecule has 2 aliphatic rings. The Hall–Kier alpha value is -1.43. The first kappa shape index (κ1) is 12.6. The lowest BCUT2D eigenvalue weighted by molar-refractivity contribution is -0.144. The van der Waals surface area contributed by atoms with Crippen molar-refractivity contribution >= 4 is 5.97 Å². The first-order chi connectivity index (χ1) is 9.13. The van der Waals surface area contributed by atoms with Crippen molar-refractivity contribution in [1.29, 1.82) is 0 Å². The average Bonchev–Trinajstić information content (AvgIpc) is 3.12. The third-order valence-electron chi connectivity index (χ3n) is 4.12. The molecule has 1 N–H and O–H groups in total. The molecule has 3 rings (SSSR count). The van der Waals surface area contributed by atoms with Gasteiger partial charge in [-0.15, -0.1) is 0 Å². The van der Waals surface area contributed by atoms with Crippen LogP contribution in [0.4, 0.5) is 0 Å². The van der Waals surface area contributed by atoms with E-state index in [4.69, 9.17) is 9.63 Å². The van der Waals surface area contributed by atoms with Gasteiger partial charge in [0.15, 0.2) is 5.82 Å². The third kappa shape index (κ3) is 2.78. The van der Waals surface area contributed by atoms with Crippen LogP contribution in [0.15, 0.2) is 4.52 Å². The molecule has 104 valence electrons. The second-order valence-electron chi connectivity index (χ2n) is 5.70. The molecule has 0 bridgehead atoms. The molecule has 19 heavy (non-hydrogen) atoms. The van der Waals surface area contributed by atoms with E-state index in [1.54, 1.807) is 0 Å². The molecule has 1 aliphatic carbocycles. The molecule has 0 aromatic carbocycles. The Morgan fingerprint density at radius 1 is 1.47 bits per heavy atom. The molecule has 0 amide bonds. The zero-order valence-corrected chi connectivity index (χ0v) is 11.1. The van der Waals surface area contributed by atoms with Gasteiger partial charge in [-0.05, 0) is 39.2 Å². The predicted octanol–water partition coefficient (Wildman–Crippen LogP) is 1.63. The summed E-state index contributed by atoms with van der Waals surface area (Å²) in [6.07, 6.45) is 3.71. The summed E-state index contributed by atoms with van der Waals surface area (Å²) in [6, 6.07) is 0.248. The average molecular weight is 265 g/mol. The van der Waals surface area contributed by atoms with Gasteiger partial charge in [-0.2, -0.15) is 4.98 Å². The fourth-order valence-electron chi connectivity index (χ4n) is 2.69. The van der Waals surface area contributed by atoms with E-state index in [-0.39, 0.29) is 12.0 Å². The van der Waals surface area contributed by atoms with Gasteiger partial charge in [-0.1, -0.05) is 5.16 Å². The number of carbonyl (C=O) groups is 1. The van der Waals surface area contributed by atoms with E-state index in [1.165, 1.54) is 0 Å². The van der Waals surface area contributed by atoms with Crippen LogP contribution in [-0.4, -0.2) is 38.7 Å². The molecule has 6 heteroatoms. The van der Waals surface area contributed by atoms with Crippen molar-refractivity contribution in [2.24, 2.45) is 5.92 Å². The Kier molecular flexibility index (Phi) is 3.26. The number of hydrogen-bond donors (Lipinski definition) is 1. The molecule has 2 unspecified atom stereocenters. The lowest BCUT2D eigenvalue weighted by atomic mass is 9.92. The van der Waals surface area contributed by atoms with Crippen LogP contribution in [-0.2, 0) is 11.3 Å². The first-order valence-electron chi connectivity index (χ1n) is 6.93. The fourth-order valence-corrected chi connectivity index (χ4v) is 2.69. The Balaban J connectivity index is 1.58. The standard InChI is InChI=1S/C13H19N3O3/c1-8-6-10(13(17)18)4-5-16(8)7-11-14-12(19-15-11)9-2-3-9/h8-10H,2-7H2,1H3,(H,17,18). The van der Waals surface area contributed by atoms with Crippen LogP contribution in [0.3, 0.4) is 0 Å². The molecule has 2 heterocycles. The quantitative estimate of drug-likeness (QED) is 0.891. The fraction of sp³-hybridized carbons (Fsp3) is 0.769. The summed E-state index contributed by atoms with van der Waals surface area (Å²) in [6.45, 7) is 3.51. The number of hydrogen-bond acceptors (Lipinski definition) is 5. The highest BCUT2D eigenvalue weighted by Gasteiger charge is 2.32. The number of piperidine rings is 1. The number of rotatable bonds is 4. The minimum Gasteiger partial charge on any atom is -0.481 e. The molecular weight excluding hydrogens is 246 g/mol. The maximum atomic E-state index is 11.0. The maximum Gasteiger partial charge on any atom is 0.306 e. The van der Waals surface area contributed by atoms with Gasteiger partial charge in [0.2, 0.25) is 5.89 Å². The Morgan fingerprint density at radius 2 is 2.26 bits per heavy atom. The van der Waals surface area contributed by atoms with Crippen molar-refractivity contribution in [1.82, 2.24) is 15.0 Å². The van der Waals surface area contributed by atoms with Crippen LogP contribution < -0.4 is 0 Å². The minimum atomic E-state index is -0.679. The van der Waals surface area contributed by atoms with Gasteiger partial charge < -0.3 is 9.63 Å². The molecule has 1 aliphatic heterocycles. The molecule has 1 saturated heterocycles. The summed E-state index contributed by atoms with van der Waals surface area (Å²) in [7, 11) is 0. The summed E-state index contributed by atoms with van der Waals surface area (Å²) in [5, 5.41) is 13.1. The lowest BCUT2D eigenvalue weighted by Gasteiger charge is -2.35. The monoisotopic (exact) mass is 265 g/mol. The van der Waals surface area contributed by atoms with E-state index in [2.05, 4.69) is 22.0 Å². The van der Waals surface area contributed by atoms with E-state index in [0.717, 1.165) is 31.1 Å². The topological polar surface area (TPSA) is 79.5 Å². The van der Waals surface area contributed by atoms with Crippen molar-refractivity contribution in [2.45, 2.75) is 51.1 Å². The SMILES string of the molecule is CC1CC(C(=O)O)CCN1Cc1noc(C2CC2)n1. The summed E-state index contributed by atoms with van der Waals surface area (Å²) in [4.78, 5) is 17.6. The highest BCUT2D eigenvalue weighted by atomic mass is 16.5. The van der Waals surface area contributed by atoms with Crippen LogP contribution in [0, 0.1) is 5.92 Å². The number of carboxylic acids is 1. The Labute approximate surface area is 111 Å². The van der Waals surface area contributed by atoms with Crippen LogP contribution in [0.2, 0.25) is 0 Å². The van der Waals surface area contributed by atoms with E-state index in [1.807, 2.05) is 0 Å². The second-order valence-corrected chi connectivity index (χ2v) is 5.70. The van der Waals surface area contributed by atoms with Crippen molar-refractivity contribution in [3.8, 4) is 0 Å².